The lowest BCUT2D eigenvalue weighted by molar-refractivity contribution is 0.202. The highest BCUT2D eigenvalue weighted by Gasteiger charge is 2.01. The molecule has 0 atom stereocenters. The minimum Gasteiger partial charge on any atom is -0.494 e. The largest absolute Gasteiger partial charge is 0.494 e. The average Bonchev–Trinajstić information content (AvgIpc) is 2.44. The highest BCUT2D eigenvalue weighted by atomic mass is 32.2. The second-order valence-electron chi connectivity index (χ2n) is 5.02. The predicted molar refractivity (Wildman–Crippen MR) is 84.0 cm³/mol. The normalized spacial score (nSPS) is 11.5. The second-order valence-corrected chi connectivity index (χ2v) is 6.75. The van der Waals surface area contributed by atoms with Gasteiger partial charge in [-0.25, -0.2) is 13.6 Å². The smallest absolute Gasteiger partial charge is 0.209 e. The molecule has 5 nitrogen and oxygen atoms in total. The number of methoxy groups -OCH3 is 1. The molecular formula is C15H25NO4S. The molecule has 0 heterocycles. The lowest BCUT2D eigenvalue weighted by atomic mass is 10.1. The fourth-order valence-electron chi connectivity index (χ4n) is 1.92. The molecular weight excluding hydrogens is 290 g/mol. The number of primary sulfonamides is 1. The molecule has 0 spiro atoms. The summed E-state index contributed by atoms with van der Waals surface area (Å²) < 4.78 is 32.2. The highest BCUT2D eigenvalue weighted by Crippen LogP contribution is 2.13. The molecule has 0 aliphatic heterocycles. The third-order valence-corrected chi connectivity index (χ3v) is 3.97. The van der Waals surface area contributed by atoms with Gasteiger partial charge < -0.3 is 9.47 Å². The number of hydrogen-bond acceptors (Lipinski definition) is 4. The van der Waals surface area contributed by atoms with Crippen molar-refractivity contribution >= 4 is 10.0 Å². The van der Waals surface area contributed by atoms with Crippen LogP contribution < -0.4 is 9.88 Å². The Hall–Kier alpha value is -1.11. The van der Waals surface area contributed by atoms with Gasteiger partial charge in [0.2, 0.25) is 10.0 Å². The molecule has 0 fully saturated rings. The molecule has 0 aliphatic carbocycles. The zero-order valence-corrected chi connectivity index (χ0v) is 13.4. The molecule has 1 aromatic rings. The standard InChI is InChI=1S/C15H25NO4S/c1-19-12-10-14-6-8-15(9-7-14)20-11-4-2-3-5-13-21(16,17)18/h6-9H,2-5,10-13H2,1H3,(H2,16,17,18). The summed E-state index contributed by atoms with van der Waals surface area (Å²) >= 11 is 0. The molecule has 0 saturated carbocycles. The van der Waals surface area contributed by atoms with Crippen LogP contribution in [0.4, 0.5) is 0 Å². The molecule has 1 rings (SSSR count). The van der Waals surface area contributed by atoms with Gasteiger partial charge in [-0.2, -0.15) is 0 Å². The van der Waals surface area contributed by atoms with E-state index in [-0.39, 0.29) is 5.75 Å². The second kappa shape index (κ2) is 9.76. The quantitative estimate of drug-likeness (QED) is 0.634. The van der Waals surface area contributed by atoms with Crippen LogP contribution in [0.25, 0.3) is 0 Å². The summed E-state index contributed by atoms with van der Waals surface area (Å²) in [6, 6.07) is 8.01. The lowest BCUT2D eigenvalue weighted by Gasteiger charge is -2.07. The molecule has 120 valence electrons. The summed E-state index contributed by atoms with van der Waals surface area (Å²) in [6.07, 6.45) is 4.24. The zero-order chi connectivity index (χ0) is 15.6. The van der Waals surface area contributed by atoms with Crippen molar-refractivity contribution in [3.05, 3.63) is 29.8 Å². The van der Waals surface area contributed by atoms with E-state index in [2.05, 4.69) is 0 Å². The summed E-state index contributed by atoms with van der Waals surface area (Å²) in [5.41, 5.74) is 1.23. The SMILES string of the molecule is COCCc1ccc(OCCCCCCS(N)(=O)=O)cc1. The number of unbranched alkanes of at least 4 members (excludes halogenated alkanes) is 3. The van der Waals surface area contributed by atoms with Crippen LogP contribution in [0.3, 0.4) is 0 Å². The van der Waals surface area contributed by atoms with Crippen molar-refractivity contribution in [2.45, 2.75) is 32.1 Å². The Bertz CT molecular complexity index is 485. The van der Waals surface area contributed by atoms with Crippen molar-refractivity contribution in [1.29, 1.82) is 0 Å². The van der Waals surface area contributed by atoms with Crippen molar-refractivity contribution in [2.24, 2.45) is 5.14 Å². The summed E-state index contributed by atoms with van der Waals surface area (Å²) in [6.45, 7) is 1.37. The number of ether oxygens (including phenoxy) is 2. The van der Waals surface area contributed by atoms with Crippen molar-refractivity contribution in [2.75, 3.05) is 26.1 Å². The number of nitrogens with two attached hydrogens (primary N) is 1. The van der Waals surface area contributed by atoms with E-state index in [0.717, 1.165) is 38.0 Å². The van der Waals surface area contributed by atoms with E-state index in [9.17, 15) is 8.42 Å². The summed E-state index contributed by atoms with van der Waals surface area (Å²) in [5, 5.41) is 4.93. The number of sulfonamides is 1. The molecule has 0 aromatic heterocycles. The summed E-state index contributed by atoms with van der Waals surface area (Å²) in [5.74, 6) is 0.928. The van der Waals surface area contributed by atoms with Gasteiger partial charge in [0, 0.05) is 7.11 Å². The van der Waals surface area contributed by atoms with E-state index < -0.39 is 10.0 Å². The Kier molecular flexibility index (Phi) is 8.34. The van der Waals surface area contributed by atoms with Gasteiger partial charge in [-0.3, -0.25) is 0 Å². The molecule has 21 heavy (non-hydrogen) atoms. The molecule has 6 heteroatoms. The van der Waals surface area contributed by atoms with Crippen LogP contribution in [-0.4, -0.2) is 34.5 Å². The van der Waals surface area contributed by atoms with E-state index in [1.807, 2.05) is 24.3 Å². The van der Waals surface area contributed by atoms with E-state index >= 15 is 0 Å². The highest BCUT2D eigenvalue weighted by molar-refractivity contribution is 7.89. The number of hydrogen-bond donors (Lipinski definition) is 1. The van der Waals surface area contributed by atoms with Gasteiger partial charge in [0.1, 0.15) is 5.75 Å². The van der Waals surface area contributed by atoms with Crippen molar-refractivity contribution in [1.82, 2.24) is 0 Å². The minimum absolute atomic E-state index is 0.0663. The van der Waals surface area contributed by atoms with Crippen LogP contribution in [0.2, 0.25) is 0 Å². The third-order valence-electron chi connectivity index (χ3n) is 3.11. The van der Waals surface area contributed by atoms with Crippen LogP contribution in [-0.2, 0) is 21.2 Å². The topological polar surface area (TPSA) is 78.6 Å². The Morgan fingerprint density at radius 1 is 1.00 bits per heavy atom. The molecule has 0 unspecified atom stereocenters. The number of rotatable bonds is 11. The molecule has 0 radical (unpaired) electrons. The van der Waals surface area contributed by atoms with Gasteiger partial charge >= 0.3 is 0 Å². The monoisotopic (exact) mass is 315 g/mol. The predicted octanol–water partition coefficient (Wildman–Crippen LogP) is 2.10. The fourth-order valence-corrected chi connectivity index (χ4v) is 2.53. The third kappa shape index (κ3) is 9.44. The Morgan fingerprint density at radius 3 is 2.29 bits per heavy atom. The van der Waals surface area contributed by atoms with Crippen LogP contribution in [0.5, 0.6) is 5.75 Å². The van der Waals surface area contributed by atoms with Crippen LogP contribution in [0.15, 0.2) is 24.3 Å². The van der Waals surface area contributed by atoms with Crippen molar-refractivity contribution in [3.63, 3.8) is 0 Å². The number of benzene rings is 1. The Labute approximate surface area is 127 Å². The van der Waals surface area contributed by atoms with E-state index in [1.54, 1.807) is 7.11 Å². The van der Waals surface area contributed by atoms with Gasteiger partial charge in [0.25, 0.3) is 0 Å². The lowest BCUT2D eigenvalue weighted by Crippen LogP contribution is -2.16. The van der Waals surface area contributed by atoms with E-state index in [1.165, 1.54) is 5.56 Å². The maximum Gasteiger partial charge on any atom is 0.209 e. The molecule has 1 aromatic carbocycles. The Morgan fingerprint density at radius 2 is 1.67 bits per heavy atom. The van der Waals surface area contributed by atoms with E-state index in [0.29, 0.717) is 13.0 Å². The molecule has 0 aliphatic rings. The maximum absolute atomic E-state index is 10.7. The average molecular weight is 315 g/mol. The van der Waals surface area contributed by atoms with Gasteiger partial charge in [-0.15, -0.1) is 0 Å². The fraction of sp³-hybridized carbons (Fsp3) is 0.600. The van der Waals surface area contributed by atoms with Gasteiger partial charge in [-0.1, -0.05) is 25.0 Å². The van der Waals surface area contributed by atoms with Crippen molar-refractivity contribution < 1.29 is 17.9 Å². The van der Waals surface area contributed by atoms with E-state index in [4.69, 9.17) is 14.6 Å². The first kappa shape index (κ1) is 17.9. The van der Waals surface area contributed by atoms with Crippen molar-refractivity contribution in [3.8, 4) is 5.75 Å². The van der Waals surface area contributed by atoms with Crippen LogP contribution in [0.1, 0.15) is 31.2 Å². The van der Waals surface area contributed by atoms with Gasteiger partial charge in [-0.05, 0) is 37.0 Å². The van der Waals surface area contributed by atoms with Crippen LogP contribution in [0, 0.1) is 0 Å². The van der Waals surface area contributed by atoms with Gasteiger partial charge in [0.05, 0.1) is 19.0 Å². The first-order valence-corrected chi connectivity index (χ1v) is 8.94. The molecule has 0 saturated heterocycles. The first-order chi connectivity index (χ1) is 10.0. The molecule has 0 amide bonds. The molecule has 2 N–H and O–H groups in total. The zero-order valence-electron chi connectivity index (χ0n) is 12.6. The van der Waals surface area contributed by atoms with Crippen LogP contribution >= 0.6 is 0 Å². The first-order valence-electron chi connectivity index (χ1n) is 7.22. The van der Waals surface area contributed by atoms with Gasteiger partial charge in [0.15, 0.2) is 0 Å². The minimum atomic E-state index is -3.31. The molecule has 0 bridgehead atoms. The maximum atomic E-state index is 10.7. The summed E-state index contributed by atoms with van der Waals surface area (Å²) in [4.78, 5) is 0. The summed E-state index contributed by atoms with van der Waals surface area (Å²) in [7, 11) is -1.62. The Balaban J connectivity index is 2.10.